The fourth-order valence-electron chi connectivity index (χ4n) is 3.73. The summed E-state index contributed by atoms with van der Waals surface area (Å²) in [6, 6.07) is 3.93. The maximum Gasteiger partial charge on any atom is 0.267 e. The van der Waals surface area contributed by atoms with Crippen LogP contribution < -0.4 is 10.6 Å². The summed E-state index contributed by atoms with van der Waals surface area (Å²) in [5, 5.41) is 16.0. The molecule has 0 spiro atoms. The van der Waals surface area contributed by atoms with Crippen molar-refractivity contribution in [2.75, 3.05) is 39.8 Å². The molecule has 1 aromatic rings. The van der Waals surface area contributed by atoms with E-state index < -0.39 is 6.10 Å². The summed E-state index contributed by atoms with van der Waals surface area (Å²) in [4.78, 5) is 40.4. The molecule has 2 aliphatic heterocycles. The summed E-state index contributed by atoms with van der Waals surface area (Å²) in [7, 11) is 1.63. The molecular formula is C22H31N7O3. The first-order chi connectivity index (χ1) is 15.4. The highest BCUT2D eigenvalue weighted by molar-refractivity contribution is 6.04. The Morgan fingerprint density at radius 1 is 1.44 bits per heavy atom. The number of amidine groups is 1. The fourth-order valence-corrected chi connectivity index (χ4v) is 3.73. The van der Waals surface area contributed by atoms with E-state index in [9.17, 15) is 14.7 Å². The van der Waals surface area contributed by atoms with Crippen LogP contribution >= 0.6 is 0 Å². The lowest BCUT2D eigenvalue weighted by Crippen LogP contribution is -2.52. The zero-order chi connectivity index (χ0) is 23.1. The van der Waals surface area contributed by atoms with Gasteiger partial charge >= 0.3 is 0 Å². The van der Waals surface area contributed by atoms with Crippen molar-refractivity contribution >= 4 is 24.4 Å². The highest BCUT2D eigenvalue weighted by Crippen LogP contribution is 2.16. The van der Waals surface area contributed by atoms with Gasteiger partial charge in [-0.15, -0.1) is 0 Å². The number of aliphatic hydroxyl groups excluding tert-OH is 1. The van der Waals surface area contributed by atoms with Crippen LogP contribution in [0.4, 0.5) is 0 Å². The van der Waals surface area contributed by atoms with Crippen LogP contribution in [0, 0.1) is 0 Å². The molecule has 10 nitrogen and oxygen atoms in total. The number of likely N-dealkylation sites (tertiary alicyclic amines) is 1. The minimum absolute atomic E-state index is 0.0133. The molecule has 3 heterocycles. The van der Waals surface area contributed by atoms with Gasteiger partial charge in [-0.05, 0) is 18.3 Å². The van der Waals surface area contributed by atoms with Crippen LogP contribution in [0.3, 0.4) is 0 Å². The Morgan fingerprint density at radius 2 is 2.22 bits per heavy atom. The van der Waals surface area contributed by atoms with Gasteiger partial charge in [-0.25, -0.2) is 4.99 Å². The smallest absolute Gasteiger partial charge is 0.267 e. The third-order valence-electron chi connectivity index (χ3n) is 5.58. The third kappa shape index (κ3) is 6.21. The van der Waals surface area contributed by atoms with E-state index in [1.807, 2.05) is 6.07 Å². The maximum absolute atomic E-state index is 12.6. The topological polar surface area (TPSA) is 123 Å². The minimum Gasteiger partial charge on any atom is -0.390 e. The molecular weight excluding hydrogens is 410 g/mol. The largest absolute Gasteiger partial charge is 0.390 e. The van der Waals surface area contributed by atoms with E-state index >= 15 is 0 Å². The van der Waals surface area contributed by atoms with Gasteiger partial charge in [0.05, 0.1) is 12.1 Å². The van der Waals surface area contributed by atoms with Crippen molar-refractivity contribution in [3.05, 3.63) is 41.4 Å². The third-order valence-corrected chi connectivity index (χ3v) is 5.58. The molecule has 172 valence electrons. The van der Waals surface area contributed by atoms with Gasteiger partial charge in [0, 0.05) is 77.6 Å². The van der Waals surface area contributed by atoms with Crippen LogP contribution in [0.25, 0.3) is 0 Å². The van der Waals surface area contributed by atoms with Gasteiger partial charge in [-0.3, -0.25) is 24.5 Å². The minimum atomic E-state index is -0.700. The van der Waals surface area contributed by atoms with Crippen LogP contribution in [0.2, 0.25) is 0 Å². The molecule has 0 unspecified atom stereocenters. The second-order valence-electron chi connectivity index (χ2n) is 7.99. The van der Waals surface area contributed by atoms with Gasteiger partial charge < -0.3 is 20.6 Å². The van der Waals surface area contributed by atoms with Gasteiger partial charge in [-0.2, -0.15) is 0 Å². The van der Waals surface area contributed by atoms with E-state index in [2.05, 4.69) is 43.3 Å². The quantitative estimate of drug-likeness (QED) is 0.280. The molecule has 0 radical (unpaired) electrons. The number of aliphatic imine (C=N–C) groups is 2. The molecule has 1 atom stereocenters. The molecule has 3 rings (SSSR count). The van der Waals surface area contributed by atoms with Crippen LogP contribution in [-0.4, -0.2) is 96.2 Å². The molecule has 2 amide bonds. The molecule has 0 bridgehead atoms. The van der Waals surface area contributed by atoms with Crippen molar-refractivity contribution in [1.82, 2.24) is 25.4 Å². The summed E-state index contributed by atoms with van der Waals surface area (Å²) >= 11 is 0. The molecule has 0 aliphatic carbocycles. The van der Waals surface area contributed by atoms with E-state index in [0.29, 0.717) is 25.5 Å². The van der Waals surface area contributed by atoms with Crippen molar-refractivity contribution in [3.8, 4) is 0 Å². The molecule has 1 aromatic heterocycles. The summed E-state index contributed by atoms with van der Waals surface area (Å²) in [6.45, 7) is 8.25. The lowest BCUT2D eigenvalue weighted by atomic mass is 10.1. The van der Waals surface area contributed by atoms with Crippen LogP contribution in [0.5, 0.6) is 0 Å². The SMILES string of the molecule is C=NC(C=C(NC)C(=O)NC[C@H](O)CN1CCc2ncccc2C1)=NC1CN(C(C)=O)C1. The number of nitrogens with zero attached hydrogens (tertiary/aromatic N) is 5. The number of aliphatic hydroxyl groups is 1. The van der Waals surface area contributed by atoms with Gasteiger partial charge in [0.1, 0.15) is 11.5 Å². The average molecular weight is 442 g/mol. The van der Waals surface area contributed by atoms with Crippen molar-refractivity contribution < 1.29 is 14.7 Å². The number of pyridine rings is 1. The zero-order valence-corrected chi connectivity index (χ0v) is 18.6. The first kappa shape index (κ1) is 23.6. The Kier molecular flexibility index (Phi) is 8.07. The fraction of sp³-hybridized carbons (Fsp3) is 0.500. The maximum atomic E-state index is 12.6. The normalized spacial score (nSPS) is 18.4. The van der Waals surface area contributed by atoms with E-state index in [-0.39, 0.29) is 30.1 Å². The lowest BCUT2D eigenvalue weighted by molar-refractivity contribution is -0.132. The van der Waals surface area contributed by atoms with E-state index in [1.165, 1.54) is 18.6 Å². The van der Waals surface area contributed by atoms with E-state index in [0.717, 1.165) is 25.2 Å². The Bertz CT molecular complexity index is 909. The standard InChI is InChI=1S/C22H31N7O3/c1-15(30)29-12-17(13-29)27-21(24-3)9-20(23-2)22(32)26-10-18(31)14-28-8-6-19-16(11-28)5-4-7-25-19/h4-5,7,9,17-18,23,31H,3,6,8,10-14H2,1-2H3,(H,26,32)/t18-/m0/s1. The number of rotatable bonds is 8. The highest BCUT2D eigenvalue weighted by atomic mass is 16.3. The molecule has 1 saturated heterocycles. The van der Waals surface area contributed by atoms with Crippen molar-refractivity contribution in [1.29, 1.82) is 0 Å². The second-order valence-corrected chi connectivity index (χ2v) is 7.99. The summed E-state index contributed by atoms with van der Waals surface area (Å²) in [5.74, 6) is -0.0340. The molecule has 2 aliphatic rings. The second kappa shape index (κ2) is 11.0. The van der Waals surface area contributed by atoms with Gasteiger partial charge in [-0.1, -0.05) is 6.07 Å². The van der Waals surface area contributed by atoms with Crippen molar-refractivity contribution in [3.63, 3.8) is 0 Å². The van der Waals surface area contributed by atoms with Crippen LogP contribution in [0.15, 0.2) is 40.1 Å². The number of hydrogen-bond acceptors (Lipinski definition) is 7. The van der Waals surface area contributed by atoms with Crippen LogP contribution in [-0.2, 0) is 22.6 Å². The highest BCUT2D eigenvalue weighted by Gasteiger charge is 2.28. The molecule has 1 fully saturated rings. The number of carbonyl (C=O) groups is 2. The van der Waals surface area contributed by atoms with Gasteiger partial charge in [0.25, 0.3) is 5.91 Å². The first-order valence-corrected chi connectivity index (χ1v) is 10.7. The Balaban J connectivity index is 1.49. The van der Waals surface area contributed by atoms with E-state index in [4.69, 9.17) is 0 Å². The summed E-state index contributed by atoms with van der Waals surface area (Å²) in [6.07, 6.45) is 3.47. The Morgan fingerprint density at radius 3 is 2.91 bits per heavy atom. The number of nitrogens with one attached hydrogen (secondary N) is 2. The predicted molar refractivity (Wildman–Crippen MR) is 122 cm³/mol. The number of hydrogen-bond donors (Lipinski definition) is 3. The Hall–Kier alpha value is -3.11. The number of β-amino-alcohol motifs (C(OH)–C–C–N with tert-alkyl or cyclic N) is 1. The number of likely N-dealkylation sites (N-methyl/N-ethyl adjacent to an activating group) is 1. The van der Waals surface area contributed by atoms with Gasteiger partial charge in [0.2, 0.25) is 5.91 Å². The number of amides is 2. The number of fused-ring (bicyclic) bond motifs is 1. The molecule has 0 aromatic carbocycles. The summed E-state index contributed by atoms with van der Waals surface area (Å²) < 4.78 is 0. The summed E-state index contributed by atoms with van der Waals surface area (Å²) in [5.41, 5.74) is 2.56. The average Bonchev–Trinajstić information content (AvgIpc) is 2.76. The zero-order valence-electron chi connectivity index (χ0n) is 18.6. The number of carbonyl (C=O) groups excluding carboxylic acids is 2. The molecule has 3 N–H and O–H groups in total. The Labute approximate surface area is 188 Å². The van der Waals surface area contributed by atoms with Crippen LogP contribution in [0.1, 0.15) is 18.2 Å². The molecule has 10 heteroatoms. The predicted octanol–water partition coefficient (Wildman–Crippen LogP) is -0.650. The first-order valence-electron chi connectivity index (χ1n) is 10.7. The molecule has 0 saturated carbocycles. The van der Waals surface area contributed by atoms with Crippen molar-refractivity contribution in [2.45, 2.75) is 32.0 Å². The monoisotopic (exact) mass is 441 g/mol. The lowest BCUT2D eigenvalue weighted by Gasteiger charge is -2.36. The van der Waals surface area contributed by atoms with E-state index in [1.54, 1.807) is 18.1 Å². The van der Waals surface area contributed by atoms with Crippen molar-refractivity contribution in [2.24, 2.45) is 9.98 Å². The number of aromatic nitrogens is 1. The molecule has 32 heavy (non-hydrogen) atoms. The van der Waals surface area contributed by atoms with Gasteiger partial charge in [0.15, 0.2) is 0 Å².